The lowest BCUT2D eigenvalue weighted by Crippen LogP contribution is -2.35. The van der Waals surface area contributed by atoms with Crippen LogP contribution < -0.4 is 0 Å². The summed E-state index contributed by atoms with van der Waals surface area (Å²) in [6.07, 6.45) is -1.49. The molecule has 2 rings (SSSR count). The van der Waals surface area contributed by atoms with Crippen LogP contribution in [-0.2, 0) is 4.74 Å². The van der Waals surface area contributed by atoms with E-state index in [2.05, 4.69) is 0 Å². The molecule has 0 radical (unpaired) electrons. The van der Waals surface area contributed by atoms with Crippen LogP contribution in [0.2, 0.25) is 6.32 Å². The first-order chi connectivity index (χ1) is 11.5. The normalized spacial score (nSPS) is 21.1. The van der Waals surface area contributed by atoms with Gasteiger partial charge in [0.05, 0.1) is 11.6 Å². The molecule has 0 aromatic heterocycles. The van der Waals surface area contributed by atoms with Crippen molar-refractivity contribution < 1.29 is 22.5 Å². The Balaban J connectivity index is 2.21. The summed E-state index contributed by atoms with van der Waals surface area (Å²) in [6, 6.07) is 8.48. The highest BCUT2D eigenvalue weighted by Crippen LogP contribution is 2.39. The molecule has 1 heterocycles. The van der Waals surface area contributed by atoms with E-state index in [1.807, 2.05) is 6.07 Å². The lowest BCUT2D eigenvalue weighted by atomic mass is 9.73. The van der Waals surface area contributed by atoms with Crippen LogP contribution in [0.5, 0.6) is 0 Å². The van der Waals surface area contributed by atoms with Crippen LogP contribution in [0.25, 0.3) is 0 Å². The molecular weight excluding hydrogens is 332 g/mol. The molecule has 2 atom stereocenters. The van der Waals surface area contributed by atoms with Crippen LogP contribution in [0.1, 0.15) is 37.8 Å². The van der Waals surface area contributed by atoms with Crippen LogP contribution in [0.3, 0.4) is 0 Å². The average molecular weight is 353 g/mol. The van der Waals surface area contributed by atoms with Crippen molar-refractivity contribution in [2.45, 2.75) is 38.6 Å². The second-order valence-corrected chi connectivity index (χ2v) is 7.43. The summed E-state index contributed by atoms with van der Waals surface area (Å²) in [5.41, 5.74) is 0.449. The van der Waals surface area contributed by atoms with Gasteiger partial charge in [-0.3, -0.25) is 0 Å². The van der Waals surface area contributed by atoms with E-state index >= 15 is 0 Å². The molecule has 0 unspecified atom stereocenters. The third-order valence-corrected chi connectivity index (χ3v) is 4.13. The Labute approximate surface area is 145 Å². The van der Waals surface area contributed by atoms with Crippen LogP contribution >= 0.6 is 0 Å². The number of benzene rings is 1. The predicted molar refractivity (Wildman–Crippen MR) is 89.1 cm³/mol. The molecule has 4 nitrogen and oxygen atoms in total. The maximum Gasteiger partial charge on any atom is 0.478 e. The van der Waals surface area contributed by atoms with Gasteiger partial charge in [-0.05, 0) is 44.4 Å². The molecular formula is C17H21BF3N2O2-. The number of likely N-dealkylation sites (tertiary alicyclic amines) is 1. The molecule has 0 aliphatic carbocycles. The van der Waals surface area contributed by atoms with E-state index in [4.69, 9.17) is 10.00 Å². The fraction of sp³-hybridized carbons (Fsp3) is 0.529. The third kappa shape index (κ3) is 5.41. The molecule has 1 aliphatic rings. The maximum atomic E-state index is 13.0. The molecule has 1 aliphatic heterocycles. The molecule has 25 heavy (non-hydrogen) atoms. The second-order valence-electron chi connectivity index (χ2n) is 7.43. The topological polar surface area (TPSA) is 53.3 Å². The first kappa shape index (κ1) is 19.2. The number of hydrogen-bond acceptors (Lipinski definition) is 3. The molecule has 0 spiro atoms. The first-order valence-corrected chi connectivity index (χ1v) is 8.17. The molecule has 0 saturated carbocycles. The smallest absolute Gasteiger partial charge is 0.449 e. The van der Waals surface area contributed by atoms with E-state index in [1.54, 1.807) is 45.0 Å². The van der Waals surface area contributed by atoms with E-state index in [-0.39, 0.29) is 13.1 Å². The van der Waals surface area contributed by atoms with E-state index in [9.17, 15) is 17.7 Å². The molecule has 1 aromatic carbocycles. The molecule has 1 aromatic rings. The number of rotatable bonds is 3. The van der Waals surface area contributed by atoms with Gasteiger partial charge in [0, 0.05) is 19.0 Å². The lowest BCUT2D eigenvalue weighted by Gasteiger charge is -2.25. The summed E-state index contributed by atoms with van der Waals surface area (Å²) in [5.74, 6) is -1.13. The number of carbonyl (C=O) groups excluding carboxylic acids is 1. The zero-order valence-electron chi connectivity index (χ0n) is 14.5. The fourth-order valence-corrected chi connectivity index (χ4v) is 3.11. The van der Waals surface area contributed by atoms with Crippen LogP contribution in [0.4, 0.5) is 17.7 Å². The summed E-state index contributed by atoms with van der Waals surface area (Å²) in [6.45, 7) is 0.387. The highest BCUT2D eigenvalue weighted by atomic mass is 19.4. The van der Waals surface area contributed by atoms with Crippen molar-refractivity contribution in [3.63, 3.8) is 0 Å². The van der Waals surface area contributed by atoms with Crippen LogP contribution in [0.15, 0.2) is 24.3 Å². The van der Waals surface area contributed by atoms with Gasteiger partial charge in [0.25, 0.3) is 0 Å². The molecule has 1 fully saturated rings. The van der Waals surface area contributed by atoms with E-state index in [1.165, 1.54) is 4.90 Å². The number of carbonyl (C=O) groups is 1. The van der Waals surface area contributed by atoms with E-state index in [0.29, 0.717) is 11.1 Å². The average Bonchev–Trinajstić information content (AvgIpc) is 2.87. The fourth-order valence-electron chi connectivity index (χ4n) is 3.11. The molecule has 0 N–H and O–H groups in total. The van der Waals surface area contributed by atoms with Crippen molar-refractivity contribution in [1.82, 2.24) is 4.90 Å². The summed E-state index contributed by atoms with van der Waals surface area (Å²) in [4.78, 5) is 13.6. The lowest BCUT2D eigenvalue weighted by molar-refractivity contribution is 0.0287. The van der Waals surface area contributed by atoms with Crippen molar-refractivity contribution in [2.75, 3.05) is 13.1 Å². The summed E-state index contributed by atoms with van der Waals surface area (Å²) < 4.78 is 44.3. The van der Waals surface area contributed by atoms with Gasteiger partial charge in [-0.2, -0.15) is 5.26 Å². The minimum Gasteiger partial charge on any atom is -0.449 e. The standard InChI is InChI=1S/C17H21BF3N2O2/c1-17(2,3)25-16(24)23-10-14(8-18(19,20)21)15(11-23)13-6-4-12(9-22)5-7-13/h4-7,14-15H,8,10-11H2,1-3H3/q-1/t14-,15+/m1/s1. The van der Waals surface area contributed by atoms with Gasteiger partial charge in [-0.1, -0.05) is 18.5 Å². The predicted octanol–water partition coefficient (Wildman–Crippen LogP) is 4.36. The van der Waals surface area contributed by atoms with Crippen molar-refractivity contribution in [3.8, 4) is 6.07 Å². The quantitative estimate of drug-likeness (QED) is 0.759. The van der Waals surface area contributed by atoms with E-state index in [0.717, 1.165) is 0 Å². The van der Waals surface area contributed by atoms with Gasteiger partial charge < -0.3 is 22.6 Å². The van der Waals surface area contributed by atoms with Crippen molar-refractivity contribution in [2.24, 2.45) is 5.92 Å². The largest absolute Gasteiger partial charge is 0.478 e. The number of nitrogens with zero attached hydrogens (tertiary/aromatic N) is 2. The van der Waals surface area contributed by atoms with Gasteiger partial charge in [0.15, 0.2) is 0 Å². The number of hydrogen-bond donors (Lipinski definition) is 0. The van der Waals surface area contributed by atoms with Gasteiger partial charge in [0.1, 0.15) is 5.60 Å². The summed E-state index contributed by atoms with van der Waals surface area (Å²) >= 11 is 0. The Hall–Kier alpha value is -2.17. The Morgan fingerprint density at radius 3 is 2.36 bits per heavy atom. The number of ether oxygens (including phenoxy) is 1. The van der Waals surface area contributed by atoms with Crippen molar-refractivity contribution in [1.29, 1.82) is 5.26 Å². The van der Waals surface area contributed by atoms with Crippen molar-refractivity contribution >= 4 is 13.1 Å². The first-order valence-electron chi connectivity index (χ1n) is 8.17. The number of amides is 1. The Morgan fingerprint density at radius 2 is 1.88 bits per heavy atom. The molecule has 136 valence electrons. The maximum absolute atomic E-state index is 13.0. The van der Waals surface area contributed by atoms with Gasteiger partial charge in [0.2, 0.25) is 0 Å². The molecule has 0 bridgehead atoms. The summed E-state index contributed by atoms with van der Waals surface area (Å²) in [5, 5.41) is 8.86. The summed E-state index contributed by atoms with van der Waals surface area (Å²) in [7, 11) is 0. The van der Waals surface area contributed by atoms with Gasteiger partial charge in [-0.25, -0.2) is 4.79 Å². The minimum atomic E-state index is -4.96. The van der Waals surface area contributed by atoms with Gasteiger partial charge >= 0.3 is 13.1 Å². The monoisotopic (exact) mass is 353 g/mol. The molecule has 1 saturated heterocycles. The second kappa shape index (κ2) is 6.99. The number of nitriles is 1. The van der Waals surface area contributed by atoms with E-state index < -0.39 is 36.8 Å². The molecule has 1 amide bonds. The van der Waals surface area contributed by atoms with Gasteiger partial charge in [-0.15, -0.1) is 0 Å². The number of halogens is 3. The highest BCUT2D eigenvalue weighted by molar-refractivity contribution is 6.58. The Bertz CT molecular complexity index is 662. The van der Waals surface area contributed by atoms with Crippen LogP contribution in [0, 0.1) is 17.2 Å². The molecule has 8 heteroatoms. The SMILES string of the molecule is CC(C)(C)OC(=O)N1C[C@@H](C[B-](F)(F)F)[C@H](c2ccc(C#N)cc2)C1. The minimum absolute atomic E-state index is 0.0147. The zero-order chi connectivity index (χ0) is 18.8. The zero-order valence-corrected chi connectivity index (χ0v) is 14.5. The van der Waals surface area contributed by atoms with Crippen LogP contribution in [-0.4, -0.2) is 36.7 Å². The Morgan fingerprint density at radius 1 is 1.28 bits per heavy atom. The van der Waals surface area contributed by atoms with Crippen molar-refractivity contribution in [3.05, 3.63) is 35.4 Å². The Kier molecular flexibility index (Phi) is 5.35. The third-order valence-electron chi connectivity index (χ3n) is 4.13. The highest BCUT2D eigenvalue weighted by Gasteiger charge is 2.41.